The molecule has 0 saturated carbocycles. The summed E-state index contributed by atoms with van der Waals surface area (Å²) < 4.78 is 0. The Kier molecular flexibility index (Phi) is 4.52. The topological polar surface area (TPSA) is 17.1 Å². The van der Waals surface area contributed by atoms with E-state index < -0.39 is 0 Å². The number of carbonyl (C=O) groups excluding carboxylic acids is 1. The first-order chi connectivity index (χ1) is 8.83. The van der Waals surface area contributed by atoms with Gasteiger partial charge in [-0.25, -0.2) is 0 Å². The first-order valence-corrected chi connectivity index (χ1v) is 6.74. The lowest BCUT2D eigenvalue weighted by molar-refractivity contribution is -0.107. The van der Waals surface area contributed by atoms with Crippen molar-refractivity contribution in [2.75, 3.05) is 0 Å². The van der Waals surface area contributed by atoms with Gasteiger partial charge in [0, 0.05) is 6.42 Å². The molecule has 18 heavy (non-hydrogen) atoms. The molecule has 0 N–H and O–H groups in total. The van der Waals surface area contributed by atoms with Gasteiger partial charge >= 0.3 is 0 Å². The Balaban J connectivity index is 2.09. The molecule has 0 bridgehead atoms. The van der Waals surface area contributed by atoms with Crippen LogP contribution in [0.5, 0.6) is 0 Å². The van der Waals surface area contributed by atoms with Crippen molar-refractivity contribution >= 4 is 17.1 Å². The van der Waals surface area contributed by atoms with E-state index in [1.54, 1.807) is 0 Å². The number of benzene rings is 2. The highest BCUT2D eigenvalue weighted by atomic mass is 16.1. The average Bonchev–Trinajstić information content (AvgIpc) is 2.41. The second-order valence-electron chi connectivity index (χ2n) is 4.85. The van der Waals surface area contributed by atoms with Crippen molar-refractivity contribution in [1.29, 1.82) is 0 Å². The third-order valence-corrected chi connectivity index (χ3v) is 3.50. The normalized spacial score (nSPS) is 10.7. The number of hydrogen-bond acceptors (Lipinski definition) is 1. The number of aldehydes is 1. The van der Waals surface area contributed by atoms with Crippen LogP contribution in [-0.2, 0) is 11.2 Å². The number of unbranched alkanes of at least 4 members (excludes halogenated alkanes) is 3. The molecule has 0 heterocycles. The van der Waals surface area contributed by atoms with Gasteiger partial charge in [0.15, 0.2) is 0 Å². The summed E-state index contributed by atoms with van der Waals surface area (Å²) >= 11 is 0. The summed E-state index contributed by atoms with van der Waals surface area (Å²) in [6.07, 6.45) is 6.16. The first-order valence-electron chi connectivity index (χ1n) is 6.74. The summed E-state index contributed by atoms with van der Waals surface area (Å²) in [5.41, 5.74) is 2.78. The van der Waals surface area contributed by atoms with Crippen LogP contribution >= 0.6 is 0 Å². The van der Waals surface area contributed by atoms with Crippen LogP contribution in [0.4, 0.5) is 0 Å². The van der Waals surface area contributed by atoms with Crippen LogP contribution in [0.3, 0.4) is 0 Å². The highest BCUT2D eigenvalue weighted by Gasteiger charge is 2.02. The van der Waals surface area contributed by atoms with Crippen molar-refractivity contribution in [3.63, 3.8) is 0 Å². The van der Waals surface area contributed by atoms with Gasteiger partial charge in [0.2, 0.25) is 0 Å². The van der Waals surface area contributed by atoms with Crippen LogP contribution in [0, 0.1) is 6.92 Å². The molecule has 0 radical (unpaired) electrons. The van der Waals surface area contributed by atoms with Gasteiger partial charge in [0.1, 0.15) is 6.29 Å². The summed E-state index contributed by atoms with van der Waals surface area (Å²) in [6.45, 7) is 2.16. The van der Waals surface area contributed by atoms with Gasteiger partial charge in [0.05, 0.1) is 0 Å². The van der Waals surface area contributed by atoms with Gasteiger partial charge in [-0.2, -0.15) is 0 Å². The third-order valence-electron chi connectivity index (χ3n) is 3.50. The second-order valence-corrected chi connectivity index (χ2v) is 4.85. The van der Waals surface area contributed by atoms with Crippen molar-refractivity contribution in [3.8, 4) is 0 Å². The van der Waals surface area contributed by atoms with E-state index in [0.717, 1.165) is 25.5 Å². The fraction of sp³-hybridized carbons (Fsp3) is 0.353. The SMILES string of the molecule is Cc1ccc(CCCCCC=O)c2ccccc12. The van der Waals surface area contributed by atoms with Crippen molar-refractivity contribution in [3.05, 3.63) is 47.5 Å². The molecular formula is C17H20O. The molecule has 94 valence electrons. The summed E-state index contributed by atoms with van der Waals surface area (Å²) in [7, 11) is 0. The van der Waals surface area contributed by atoms with Crippen molar-refractivity contribution in [2.45, 2.75) is 39.0 Å². The molecule has 1 nitrogen and oxygen atoms in total. The highest BCUT2D eigenvalue weighted by Crippen LogP contribution is 2.23. The lowest BCUT2D eigenvalue weighted by Gasteiger charge is -2.08. The molecule has 0 spiro atoms. The Hall–Kier alpha value is -1.63. The maximum absolute atomic E-state index is 10.3. The molecule has 0 aliphatic rings. The number of hydrogen-bond donors (Lipinski definition) is 0. The average molecular weight is 240 g/mol. The van der Waals surface area contributed by atoms with Gasteiger partial charge in [-0.15, -0.1) is 0 Å². The molecule has 0 aliphatic heterocycles. The summed E-state index contributed by atoms with van der Waals surface area (Å²) in [5, 5.41) is 2.75. The summed E-state index contributed by atoms with van der Waals surface area (Å²) in [6, 6.07) is 13.1. The van der Waals surface area contributed by atoms with E-state index >= 15 is 0 Å². The molecule has 0 aliphatic carbocycles. The van der Waals surface area contributed by atoms with E-state index in [1.165, 1.54) is 28.3 Å². The lowest BCUT2D eigenvalue weighted by Crippen LogP contribution is -1.90. The van der Waals surface area contributed by atoms with E-state index in [0.29, 0.717) is 6.42 Å². The van der Waals surface area contributed by atoms with E-state index in [4.69, 9.17) is 0 Å². The predicted octanol–water partition coefficient (Wildman–Crippen LogP) is 4.45. The van der Waals surface area contributed by atoms with Crippen LogP contribution in [0.15, 0.2) is 36.4 Å². The second kappa shape index (κ2) is 6.34. The Morgan fingerprint density at radius 1 is 0.944 bits per heavy atom. The first kappa shape index (κ1) is 12.8. The van der Waals surface area contributed by atoms with E-state index in [-0.39, 0.29) is 0 Å². The zero-order valence-electron chi connectivity index (χ0n) is 11.0. The largest absolute Gasteiger partial charge is 0.303 e. The minimum atomic E-state index is 0.703. The molecule has 0 saturated heterocycles. The molecule has 2 rings (SSSR count). The Bertz CT molecular complexity index is 528. The molecule has 0 atom stereocenters. The zero-order chi connectivity index (χ0) is 12.8. The number of fused-ring (bicyclic) bond motifs is 1. The molecular weight excluding hydrogens is 220 g/mol. The molecule has 1 heteroatoms. The predicted molar refractivity (Wildman–Crippen MR) is 76.9 cm³/mol. The zero-order valence-corrected chi connectivity index (χ0v) is 11.0. The minimum Gasteiger partial charge on any atom is -0.303 e. The van der Waals surface area contributed by atoms with Gasteiger partial charge < -0.3 is 4.79 Å². The van der Waals surface area contributed by atoms with Crippen LogP contribution in [0.2, 0.25) is 0 Å². The minimum absolute atomic E-state index is 0.703. The van der Waals surface area contributed by atoms with Crippen LogP contribution in [-0.4, -0.2) is 6.29 Å². The van der Waals surface area contributed by atoms with Crippen LogP contribution in [0.25, 0.3) is 10.8 Å². The molecule has 0 fully saturated rings. The standard InChI is InChI=1S/C17H20O/c1-14-11-12-15(8-4-2-3-7-13-18)17-10-6-5-9-16(14)17/h5-6,9-13H,2-4,7-8H2,1H3. The Morgan fingerprint density at radius 2 is 1.72 bits per heavy atom. The monoisotopic (exact) mass is 240 g/mol. The summed E-state index contributed by atoms with van der Waals surface area (Å²) in [5.74, 6) is 0. The quantitative estimate of drug-likeness (QED) is 0.538. The fourth-order valence-corrected chi connectivity index (χ4v) is 2.45. The van der Waals surface area contributed by atoms with Crippen LogP contribution in [0.1, 0.15) is 36.8 Å². The number of rotatable bonds is 6. The van der Waals surface area contributed by atoms with Crippen LogP contribution < -0.4 is 0 Å². The van der Waals surface area contributed by atoms with E-state index in [2.05, 4.69) is 43.3 Å². The molecule has 0 unspecified atom stereocenters. The summed E-state index contributed by atoms with van der Waals surface area (Å²) in [4.78, 5) is 10.3. The highest BCUT2D eigenvalue weighted by molar-refractivity contribution is 5.88. The fourth-order valence-electron chi connectivity index (χ4n) is 2.45. The Morgan fingerprint density at radius 3 is 2.50 bits per heavy atom. The van der Waals surface area contributed by atoms with E-state index in [1.807, 2.05) is 0 Å². The Labute approximate surface area is 109 Å². The smallest absolute Gasteiger partial charge is 0.119 e. The van der Waals surface area contributed by atoms with Gasteiger partial charge in [-0.1, -0.05) is 42.8 Å². The number of aryl methyl sites for hydroxylation is 2. The maximum Gasteiger partial charge on any atom is 0.119 e. The third kappa shape index (κ3) is 2.98. The van der Waals surface area contributed by atoms with Gasteiger partial charge in [-0.3, -0.25) is 0 Å². The number of carbonyl (C=O) groups is 1. The van der Waals surface area contributed by atoms with Crippen molar-refractivity contribution in [1.82, 2.24) is 0 Å². The molecule has 2 aromatic rings. The molecule has 0 aromatic heterocycles. The van der Waals surface area contributed by atoms with Crippen molar-refractivity contribution < 1.29 is 4.79 Å². The van der Waals surface area contributed by atoms with Crippen molar-refractivity contribution in [2.24, 2.45) is 0 Å². The molecule has 2 aromatic carbocycles. The van der Waals surface area contributed by atoms with Gasteiger partial charge in [-0.05, 0) is 48.1 Å². The lowest BCUT2D eigenvalue weighted by atomic mass is 9.96. The maximum atomic E-state index is 10.3. The van der Waals surface area contributed by atoms with E-state index in [9.17, 15) is 4.79 Å². The van der Waals surface area contributed by atoms with Gasteiger partial charge in [0.25, 0.3) is 0 Å². The molecule has 0 amide bonds.